The first-order valence-corrected chi connectivity index (χ1v) is 7.87. The van der Waals surface area contributed by atoms with Gasteiger partial charge in [0.1, 0.15) is 5.75 Å². The molecule has 25 heavy (non-hydrogen) atoms. The molecular weight excluding hydrogens is 328 g/mol. The van der Waals surface area contributed by atoms with E-state index in [4.69, 9.17) is 16.2 Å². The van der Waals surface area contributed by atoms with E-state index < -0.39 is 17.0 Å². The number of hydrazine groups is 1. The molecule has 138 valence electrons. The third kappa shape index (κ3) is 8.51. The van der Waals surface area contributed by atoms with Crippen molar-refractivity contribution >= 4 is 11.9 Å². The molecule has 10 heteroatoms. The van der Waals surface area contributed by atoms with E-state index in [2.05, 4.69) is 10.3 Å². The minimum absolute atomic E-state index is 0.251. The molecule has 0 spiro atoms. The van der Waals surface area contributed by atoms with Crippen LogP contribution >= 0.6 is 0 Å². The van der Waals surface area contributed by atoms with Crippen LogP contribution in [0.3, 0.4) is 0 Å². The van der Waals surface area contributed by atoms with E-state index in [-0.39, 0.29) is 12.5 Å². The normalized spacial score (nSPS) is 12.4. The van der Waals surface area contributed by atoms with Crippen molar-refractivity contribution in [3.05, 3.63) is 39.9 Å². The van der Waals surface area contributed by atoms with Crippen LogP contribution in [-0.4, -0.2) is 36.1 Å². The maximum Gasteiger partial charge on any atom is 0.251 e. The number of nitro groups is 1. The third-order valence-electron chi connectivity index (χ3n) is 3.27. The van der Waals surface area contributed by atoms with Gasteiger partial charge in [0.25, 0.3) is 5.96 Å². The van der Waals surface area contributed by atoms with Crippen molar-refractivity contribution in [2.45, 2.75) is 32.4 Å². The first-order chi connectivity index (χ1) is 11.9. The van der Waals surface area contributed by atoms with Gasteiger partial charge in [-0.1, -0.05) is 17.6 Å². The highest BCUT2D eigenvalue weighted by molar-refractivity contribution is 5.79. The standard InChI is InChI=1S/C15H24N6O4/c1-2-25-12-7-5-11(6-8-12)10-19-13(14(16)22)4-3-9-18-15(17)20-21(23)24/h5-8,13,19H,2-4,9-10H2,1H3,(H2,16,22)(H3,17,18,20)/t13-/m1/s1. The van der Waals surface area contributed by atoms with E-state index >= 15 is 0 Å². The van der Waals surface area contributed by atoms with Crippen LogP contribution in [-0.2, 0) is 11.3 Å². The fraction of sp³-hybridized carbons (Fsp3) is 0.467. The quantitative estimate of drug-likeness (QED) is 0.142. The average molecular weight is 352 g/mol. The van der Waals surface area contributed by atoms with Crippen LogP contribution in [0.15, 0.2) is 29.3 Å². The van der Waals surface area contributed by atoms with Gasteiger partial charge in [-0.25, -0.2) is 15.1 Å². The Morgan fingerprint density at radius 3 is 2.60 bits per heavy atom. The van der Waals surface area contributed by atoms with Crippen LogP contribution in [0, 0.1) is 10.1 Å². The molecule has 0 aliphatic carbocycles. The molecule has 0 unspecified atom stereocenters. The highest BCUT2D eigenvalue weighted by Gasteiger charge is 2.14. The molecule has 10 nitrogen and oxygen atoms in total. The second-order valence-corrected chi connectivity index (χ2v) is 5.19. The number of nitrogens with zero attached hydrogens (tertiary/aromatic N) is 2. The molecule has 6 N–H and O–H groups in total. The van der Waals surface area contributed by atoms with Gasteiger partial charge in [-0.2, -0.15) is 0 Å². The number of benzene rings is 1. The first kappa shape index (κ1) is 20.2. The Morgan fingerprint density at radius 2 is 2.04 bits per heavy atom. The molecule has 0 aliphatic heterocycles. The number of hydrogen-bond acceptors (Lipinski definition) is 6. The Bertz CT molecular complexity index is 590. The minimum Gasteiger partial charge on any atom is -0.494 e. The lowest BCUT2D eigenvalue weighted by Gasteiger charge is -2.15. The van der Waals surface area contributed by atoms with Crippen molar-refractivity contribution in [2.24, 2.45) is 16.5 Å². The van der Waals surface area contributed by atoms with Crippen LogP contribution in [0.25, 0.3) is 0 Å². The monoisotopic (exact) mass is 352 g/mol. The number of guanidine groups is 1. The van der Waals surface area contributed by atoms with E-state index in [0.29, 0.717) is 26.0 Å². The van der Waals surface area contributed by atoms with Crippen molar-refractivity contribution in [2.75, 3.05) is 13.2 Å². The zero-order valence-electron chi connectivity index (χ0n) is 14.1. The van der Waals surface area contributed by atoms with E-state index in [1.165, 1.54) is 0 Å². The smallest absolute Gasteiger partial charge is 0.251 e. The summed E-state index contributed by atoms with van der Waals surface area (Å²) in [6.45, 7) is 3.25. The summed E-state index contributed by atoms with van der Waals surface area (Å²) in [4.78, 5) is 25.5. The molecule has 1 aromatic carbocycles. The Balaban J connectivity index is 2.41. The van der Waals surface area contributed by atoms with E-state index in [0.717, 1.165) is 11.3 Å². The van der Waals surface area contributed by atoms with E-state index in [1.807, 2.05) is 31.2 Å². The van der Waals surface area contributed by atoms with Crippen molar-refractivity contribution in [1.29, 1.82) is 0 Å². The number of primary amides is 1. The zero-order valence-corrected chi connectivity index (χ0v) is 14.1. The summed E-state index contributed by atoms with van der Waals surface area (Å²) in [6.07, 6.45) is 0.950. The first-order valence-electron chi connectivity index (χ1n) is 7.87. The Labute approximate surface area is 145 Å². The van der Waals surface area contributed by atoms with Gasteiger partial charge in [-0.3, -0.25) is 4.79 Å². The molecule has 1 amide bonds. The molecular formula is C15H24N6O4. The van der Waals surface area contributed by atoms with Crippen LogP contribution in [0.5, 0.6) is 5.75 Å². The highest BCUT2D eigenvalue weighted by Crippen LogP contribution is 2.12. The summed E-state index contributed by atoms with van der Waals surface area (Å²) in [5.41, 5.74) is 13.4. The Kier molecular flexibility index (Phi) is 8.72. The summed E-state index contributed by atoms with van der Waals surface area (Å²) < 4.78 is 5.37. The summed E-state index contributed by atoms with van der Waals surface area (Å²) in [7, 11) is 0. The van der Waals surface area contributed by atoms with Crippen molar-refractivity contribution < 1.29 is 14.6 Å². The lowest BCUT2D eigenvalue weighted by molar-refractivity contribution is -0.525. The molecule has 1 atom stereocenters. The van der Waals surface area contributed by atoms with Gasteiger partial charge in [0.15, 0.2) is 5.03 Å². The number of rotatable bonds is 11. The van der Waals surface area contributed by atoms with Crippen LogP contribution in [0.1, 0.15) is 25.3 Å². The maximum atomic E-state index is 11.5. The van der Waals surface area contributed by atoms with E-state index in [9.17, 15) is 14.9 Å². The van der Waals surface area contributed by atoms with Gasteiger partial charge in [0.05, 0.1) is 12.6 Å². The van der Waals surface area contributed by atoms with Gasteiger partial charge < -0.3 is 21.5 Å². The predicted octanol–water partition coefficient (Wildman–Crippen LogP) is -0.0950. The minimum atomic E-state index is -0.788. The molecule has 0 aromatic heterocycles. The third-order valence-corrected chi connectivity index (χ3v) is 3.27. The molecule has 0 heterocycles. The van der Waals surface area contributed by atoms with Crippen molar-refractivity contribution in [3.8, 4) is 5.75 Å². The Morgan fingerprint density at radius 1 is 1.36 bits per heavy atom. The molecule has 1 aromatic rings. The van der Waals surface area contributed by atoms with Gasteiger partial charge >= 0.3 is 0 Å². The van der Waals surface area contributed by atoms with Crippen LogP contribution in [0.4, 0.5) is 0 Å². The predicted molar refractivity (Wildman–Crippen MR) is 93.3 cm³/mol. The van der Waals surface area contributed by atoms with Crippen molar-refractivity contribution in [1.82, 2.24) is 10.7 Å². The van der Waals surface area contributed by atoms with Crippen molar-refractivity contribution in [3.63, 3.8) is 0 Å². The van der Waals surface area contributed by atoms with Gasteiger partial charge in [0, 0.05) is 13.1 Å². The fourth-order valence-electron chi connectivity index (χ4n) is 2.08. The largest absolute Gasteiger partial charge is 0.494 e. The number of ether oxygens (including phenoxy) is 1. The zero-order chi connectivity index (χ0) is 18.7. The van der Waals surface area contributed by atoms with Crippen LogP contribution < -0.4 is 26.9 Å². The molecule has 0 bridgehead atoms. The van der Waals surface area contributed by atoms with E-state index in [1.54, 1.807) is 5.43 Å². The Hall–Kier alpha value is -2.88. The van der Waals surface area contributed by atoms with Gasteiger partial charge in [-0.05, 0) is 37.5 Å². The number of nitrogens with two attached hydrogens (primary N) is 2. The summed E-state index contributed by atoms with van der Waals surface area (Å²) >= 11 is 0. The number of nitrogens with one attached hydrogen (secondary N) is 2. The summed E-state index contributed by atoms with van der Waals surface area (Å²) in [5, 5.41) is 12.5. The second kappa shape index (κ2) is 10.8. The average Bonchev–Trinajstić information content (AvgIpc) is 2.54. The molecule has 0 saturated carbocycles. The highest BCUT2D eigenvalue weighted by atomic mass is 16.7. The number of carbonyl (C=O) groups is 1. The van der Waals surface area contributed by atoms with Crippen LogP contribution in [0.2, 0.25) is 0 Å². The van der Waals surface area contributed by atoms with Gasteiger partial charge in [-0.15, -0.1) is 0 Å². The molecule has 0 saturated heterocycles. The maximum absolute atomic E-state index is 11.5. The fourth-order valence-corrected chi connectivity index (χ4v) is 2.08. The molecule has 0 fully saturated rings. The second-order valence-electron chi connectivity index (χ2n) is 5.19. The molecule has 1 rings (SSSR count). The topological polar surface area (TPSA) is 158 Å². The number of amides is 1. The van der Waals surface area contributed by atoms with Gasteiger partial charge in [0.2, 0.25) is 5.91 Å². The molecule has 0 aliphatic rings. The SMILES string of the molecule is CCOc1ccc(CN[C@H](CCCN=C(N)N[N+](=O)[O-])C(N)=O)cc1. The summed E-state index contributed by atoms with van der Waals surface area (Å²) in [5.74, 6) is 0.0470. The summed E-state index contributed by atoms with van der Waals surface area (Å²) in [6, 6.07) is 7.01. The lowest BCUT2D eigenvalue weighted by atomic mass is 10.1. The lowest BCUT2D eigenvalue weighted by Crippen LogP contribution is -2.41. The number of hydrogen-bond donors (Lipinski definition) is 4. The molecule has 0 radical (unpaired) electrons. The number of carbonyl (C=O) groups excluding carboxylic acids is 1. The number of aliphatic imine (C=N–C) groups is 1.